The van der Waals surface area contributed by atoms with Gasteiger partial charge in [0.25, 0.3) is 0 Å². The Bertz CT molecular complexity index is 375. The van der Waals surface area contributed by atoms with E-state index in [-0.39, 0.29) is 0 Å². The Balaban J connectivity index is 2.67. The Labute approximate surface area is 92.7 Å². The minimum atomic E-state index is -0.524. The number of carbonyl (C=O) groups is 2. The highest BCUT2D eigenvalue weighted by Crippen LogP contribution is 2.10. The van der Waals surface area contributed by atoms with Crippen molar-refractivity contribution in [1.29, 1.82) is 0 Å². The molecule has 6 heteroatoms. The number of rotatable bonds is 3. The molecule has 0 spiro atoms. The predicted octanol–water partition coefficient (Wildman–Crippen LogP) is 0.858. The first-order chi connectivity index (χ1) is 7.67. The first kappa shape index (κ1) is 12.0. The number of carbonyl (C=O) groups excluding carboxylic acids is 2. The molecule has 1 aromatic rings. The first-order valence-electron chi connectivity index (χ1n) is 4.72. The quantitative estimate of drug-likeness (QED) is 0.306. The van der Waals surface area contributed by atoms with Crippen molar-refractivity contribution in [2.24, 2.45) is 5.84 Å². The summed E-state index contributed by atoms with van der Waals surface area (Å²) in [6.07, 6.45) is 0. The third kappa shape index (κ3) is 3.25. The molecule has 86 valence electrons. The summed E-state index contributed by atoms with van der Waals surface area (Å²) in [4.78, 5) is 22.2. The second kappa shape index (κ2) is 5.72. The minimum absolute atomic E-state index is 0.328. The van der Waals surface area contributed by atoms with E-state index in [2.05, 4.69) is 5.32 Å². The molecular formula is C10H13N3O3. The van der Waals surface area contributed by atoms with Gasteiger partial charge in [0, 0.05) is 5.69 Å². The highest BCUT2D eigenvalue weighted by molar-refractivity contribution is 5.92. The van der Waals surface area contributed by atoms with Crippen molar-refractivity contribution in [3.63, 3.8) is 0 Å². The lowest BCUT2D eigenvalue weighted by Gasteiger charge is -2.05. The zero-order chi connectivity index (χ0) is 12.0. The molecule has 0 radical (unpaired) electrons. The monoisotopic (exact) mass is 223 g/mol. The third-order valence-electron chi connectivity index (χ3n) is 1.78. The molecular weight excluding hydrogens is 210 g/mol. The van der Waals surface area contributed by atoms with Crippen molar-refractivity contribution < 1.29 is 14.3 Å². The van der Waals surface area contributed by atoms with E-state index in [0.29, 0.717) is 17.9 Å². The molecule has 0 saturated carbocycles. The number of nitrogens with one attached hydrogen (secondary N) is 2. The molecule has 0 aliphatic rings. The number of esters is 1. The van der Waals surface area contributed by atoms with Crippen molar-refractivity contribution in [1.82, 2.24) is 5.43 Å². The average molecular weight is 223 g/mol. The molecule has 0 aromatic heterocycles. The molecule has 0 heterocycles. The lowest BCUT2D eigenvalue weighted by molar-refractivity contribution is 0.0526. The lowest BCUT2D eigenvalue weighted by atomic mass is 10.2. The summed E-state index contributed by atoms with van der Waals surface area (Å²) in [5.74, 6) is 4.51. The molecule has 6 nitrogen and oxygen atoms in total. The zero-order valence-electron chi connectivity index (χ0n) is 8.82. The molecule has 2 amide bonds. The lowest BCUT2D eigenvalue weighted by Crippen LogP contribution is -2.34. The maximum Gasteiger partial charge on any atom is 0.338 e. The Hall–Kier alpha value is -2.08. The standard InChI is InChI=1S/C10H13N3O3/c1-2-16-9(14)7-3-5-8(6-4-7)12-10(15)13-11/h3-6H,2,11H2,1H3,(H2,12,13,15). The summed E-state index contributed by atoms with van der Waals surface area (Å²) in [6.45, 7) is 2.06. The van der Waals surface area contributed by atoms with Crippen LogP contribution in [-0.2, 0) is 4.74 Å². The largest absolute Gasteiger partial charge is 0.462 e. The van der Waals surface area contributed by atoms with Crippen molar-refractivity contribution in [2.45, 2.75) is 6.92 Å². The van der Waals surface area contributed by atoms with Crippen LogP contribution in [0.4, 0.5) is 10.5 Å². The second-order valence-electron chi connectivity index (χ2n) is 2.90. The number of anilines is 1. The van der Waals surface area contributed by atoms with E-state index in [9.17, 15) is 9.59 Å². The summed E-state index contributed by atoms with van der Waals surface area (Å²) in [5, 5.41) is 2.46. The van der Waals surface area contributed by atoms with E-state index in [1.54, 1.807) is 31.2 Å². The number of hydrogen-bond acceptors (Lipinski definition) is 4. The summed E-state index contributed by atoms with van der Waals surface area (Å²) >= 11 is 0. The molecule has 1 rings (SSSR count). The van der Waals surface area contributed by atoms with Gasteiger partial charge in [-0.05, 0) is 31.2 Å². The van der Waals surface area contributed by atoms with Gasteiger partial charge >= 0.3 is 12.0 Å². The van der Waals surface area contributed by atoms with Gasteiger partial charge in [-0.25, -0.2) is 15.4 Å². The fourth-order valence-corrected chi connectivity index (χ4v) is 1.07. The number of benzene rings is 1. The number of urea groups is 1. The first-order valence-corrected chi connectivity index (χ1v) is 4.72. The van der Waals surface area contributed by atoms with Gasteiger partial charge in [0.05, 0.1) is 12.2 Å². The van der Waals surface area contributed by atoms with E-state index < -0.39 is 12.0 Å². The van der Waals surface area contributed by atoms with Crippen LogP contribution in [0, 0.1) is 0 Å². The highest BCUT2D eigenvalue weighted by atomic mass is 16.5. The van der Waals surface area contributed by atoms with E-state index in [4.69, 9.17) is 10.6 Å². The molecule has 0 unspecified atom stereocenters. The van der Waals surface area contributed by atoms with Gasteiger partial charge in [0.15, 0.2) is 0 Å². The molecule has 0 fully saturated rings. The highest BCUT2D eigenvalue weighted by Gasteiger charge is 2.06. The molecule has 0 aliphatic carbocycles. The van der Waals surface area contributed by atoms with Crippen LogP contribution in [0.25, 0.3) is 0 Å². The van der Waals surface area contributed by atoms with E-state index >= 15 is 0 Å². The van der Waals surface area contributed by atoms with Crippen LogP contribution < -0.4 is 16.6 Å². The van der Waals surface area contributed by atoms with Gasteiger partial charge < -0.3 is 10.1 Å². The molecule has 16 heavy (non-hydrogen) atoms. The summed E-state index contributed by atoms with van der Waals surface area (Å²) < 4.78 is 4.81. The van der Waals surface area contributed by atoms with Crippen LogP contribution in [-0.4, -0.2) is 18.6 Å². The topological polar surface area (TPSA) is 93.4 Å². The molecule has 4 N–H and O–H groups in total. The Morgan fingerprint density at radius 3 is 2.44 bits per heavy atom. The van der Waals surface area contributed by atoms with E-state index in [1.807, 2.05) is 5.43 Å². The Morgan fingerprint density at radius 2 is 1.94 bits per heavy atom. The maximum absolute atomic E-state index is 11.3. The summed E-state index contributed by atoms with van der Waals surface area (Å²) in [7, 11) is 0. The summed E-state index contributed by atoms with van der Waals surface area (Å²) in [6, 6.07) is 5.76. The van der Waals surface area contributed by atoms with Crippen LogP contribution >= 0.6 is 0 Å². The minimum Gasteiger partial charge on any atom is -0.462 e. The van der Waals surface area contributed by atoms with E-state index in [1.165, 1.54) is 0 Å². The van der Waals surface area contributed by atoms with Crippen LogP contribution in [0.2, 0.25) is 0 Å². The number of hydrazine groups is 1. The third-order valence-corrected chi connectivity index (χ3v) is 1.78. The van der Waals surface area contributed by atoms with Crippen LogP contribution in [0.1, 0.15) is 17.3 Å². The van der Waals surface area contributed by atoms with Crippen LogP contribution in [0.15, 0.2) is 24.3 Å². The normalized spacial score (nSPS) is 9.38. The van der Waals surface area contributed by atoms with Crippen molar-refractivity contribution in [3.05, 3.63) is 29.8 Å². The molecule has 0 saturated heterocycles. The Kier molecular flexibility index (Phi) is 4.28. The second-order valence-corrected chi connectivity index (χ2v) is 2.90. The predicted molar refractivity (Wildman–Crippen MR) is 58.7 cm³/mol. The molecule has 0 bridgehead atoms. The molecule has 0 aliphatic heterocycles. The van der Waals surface area contributed by atoms with Gasteiger partial charge in [-0.2, -0.15) is 0 Å². The number of hydrogen-bond donors (Lipinski definition) is 3. The van der Waals surface area contributed by atoms with Gasteiger partial charge in [-0.15, -0.1) is 0 Å². The van der Waals surface area contributed by atoms with Gasteiger partial charge in [-0.1, -0.05) is 0 Å². The Morgan fingerprint density at radius 1 is 1.31 bits per heavy atom. The number of ether oxygens (including phenoxy) is 1. The van der Waals surface area contributed by atoms with Crippen LogP contribution in [0.3, 0.4) is 0 Å². The fourth-order valence-electron chi connectivity index (χ4n) is 1.07. The smallest absolute Gasteiger partial charge is 0.338 e. The molecule has 0 atom stereocenters. The van der Waals surface area contributed by atoms with Crippen molar-refractivity contribution in [3.8, 4) is 0 Å². The van der Waals surface area contributed by atoms with Gasteiger partial charge in [0.1, 0.15) is 0 Å². The van der Waals surface area contributed by atoms with Crippen molar-refractivity contribution >= 4 is 17.7 Å². The van der Waals surface area contributed by atoms with Gasteiger partial charge in [-0.3, -0.25) is 5.43 Å². The van der Waals surface area contributed by atoms with Crippen LogP contribution in [0.5, 0.6) is 0 Å². The maximum atomic E-state index is 11.3. The number of amides is 2. The molecule has 1 aromatic carbocycles. The summed E-state index contributed by atoms with van der Waals surface area (Å²) in [5.41, 5.74) is 2.90. The average Bonchev–Trinajstić information content (AvgIpc) is 2.30. The number of nitrogens with two attached hydrogens (primary N) is 1. The van der Waals surface area contributed by atoms with E-state index in [0.717, 1.165) is 0 Å². The SMILES string of the molecule is CCOC(=O)c1ccc(NC(=O)NN)cc1. The van der Waals surface area contributed by atoms with Gasteiger partial charge in [0.2, 0.25) is 0 Å². The fraction of sp³-hybridized carbons (Fsp3) is 0.200. The zero-order valence-corrected chi connectivity index (χ0v) is 8.82. The van der Waals surface area contributed by atoms with Crippen molar-refractivity contribution in [2.75, 3.05) is 11.9 Å².